The van der Waals surface area contributed by atoms with E-state index in [1.807, 2.05) is 24.4 Å². The normalized spacial score (nSPS) is 16.9. The number of aromatic nitrogens is 1. The lowest BCUT2D eigenvalue weighted by molar-refractivity contribution is 0.259. The molecule has 0 aliphatic carbocycles. The molecule has 0 spiro atoms. The van der Waals surface area contributed by atoms with E-state index in [1.165, 1.54) is 24.1 Å². The molecule has 0 radical (unpaired) electrons. The number of hydrogen-bond donors (Lipinski definition) is 2. The molecular weight excluding hydrogens is 438 g/mol. The molecule has 1 saturated heterocycles. The van der Waals surface area contributed by atoms with Crippen LogP contribution in [0.2, 0.25) is 0 Å². The molecule has 7 nitrogen and oxygen atoms in total. The van der Waals surface area contributed by atoms with Crippen LogP contribution in [0.3, 0.4) is 0 Å². The number of rotatable bonds is 7. The summed E-state index contributed by atoms with van der Waals surface area (Å²) in [6.45, 7) is 7.23. The monoisotopic (exact) mass is 475 g/mol. The van der Waals surface area contributed by atoms with Crippen LogP contribution in [0.1, 0.15) is 37.7 Å². The number of ether oxygens (including phenoxy) is 1. The second-order valence-electron chi connectivity index (χ2n) is 9.70. The average molecular weight is 476 g/mol. The first-order chi connectivity index (χ1) is 17.2. The molecule has 0 saturated carbocycles. The lowest BCUT2D eigenvalue weighted by atomic mass is 10.1. The number of carbonyl (C=O) groups is 1. The van der Waals surface area contributed by atoms with E-state index >= 15 is 0 Å². The van der Waals surface area contributed by atoms with E-state index in [-0.39, 0.29) is 0 Å². The van der Waals surface area contributed by atoms with Crippen molar-refractivity contribution in [3.05, 3.63) is 54.2 Å². The number of para-hydroxylation sites is 2. The Kier molecular flexibility index (Phi) is 7.42. The minimum Gasteiger partial charge on any atom is -0.491 e. The van der Waals surface area contributed by atoms with Gasteiger partial charge in [-0.15, -0.1) is 0 Å². The third kappa shape index (κ3) is 5.56. The van der Waals surface area contributed by atoms with Gasteiger partial charge in [-0.05, 0) is 69.3 Å². The number of unbranched alkanes of at least 4 members (excludes halogenated alkanes) is 1. The van der Waals surface area contributed by atoms with Crippen LogP contribution in [0.4, 0.5) is 16.2 Å². The minimum atomic E-state index is -0.527. The number of nitrogens with one attached hydrogen (secondary N) is 1. The van der Waals surface area contributed by atoms with Crippen molar-refractivity contribution in [2.45, 2.75) is 45.1 Å². The Labute approximate surface area is 207 Å². The summed E-state index contributed by atoms with van der Waals surface area (Å²) in [6, 6.07) is 14.3. The van der Waals surface area contributed by atoms with Crippen LogP contribution in [0.15, 0.2) is 48.7 Å². The fourth-order valence-electron chi connectivity index (χ4n) is 5.49. The van der Waals surface area contributed by atoms with E-state index in [0.717, 1.165) is 93.9 Å². The molecular formula is C28H37N5O2. The zero-order chi connectivity index (χ0) is 24.0. The topological polar surface area (TPSA) is 75.8 Å². The van der Waals surface area contributed by atoms with Gasteiger partial charge in [-0.25, -0.2) is 4.79 Å². The molecule has 2 aliphatic rings. The number of urea groups is 1. The summed E-state index contributed by atoms with van der Waals surface area (Å²) in [5, 5.41) is 3.78. The highest BCUT2D eigenvalue weighted by atomic mass is 16.5. The Balaban J connectivity index is 1.14. The third-order valence-corrected chi connectivity index (χ3v) is 7.26. The fraction of sp³-hybridized carbons (Fsp3) is 0.464. The van der Waals surface area contributed by atoms with Gasteiger partial charge < -0.3 is 30.2 Å². The van der Waals surface area contributed by atoms with Crippen molar-refractivity contribution in [3.63, 3.8) is 0 Å². The van der Waals surface area contributed by atoms with E-state index in [9.17, 15) is 4.79 Å². The van der Waals surface area contributed by atoms with Crippen LogP contribution in [-0.4, -0.2) is 54.8 Å². The predicted octanol–water partition coefficient (Wildman–Crippen LogP) is 4.84. The second kappa shape index (κ2) is 11.0. The Morgan fingerprint density at radius 2 is 1.83 bits per heavy atom. The SMILES string of the molecule is NC(=O)Nc1cn(CCCCN2CCCN(c3cccc4c3OCCCC4)CC2)c2ccccc12. The van der Waals surface area contributed by atoms with Gasteiger partial charge in [0.2, 0.25) is 0 Å². The first-order valence-corrected chi connectivity index (χ1v) is 13.1. The van der Waals surface area contributed by atoms with Crippen LogP contribution in [0, 0.1) is 0 Å². The molecule has 35 heavy (non-hydrogen) atoms. The van der Waals surface area contributed by atoms with Gasteiger partial charge in [-0.2, -0.15) is 0 Å². The van der Waals surface area contributed by atoms with Crippen molar-refractivity contribution in [1.82, 2.24) is 9.47 Å². The zero-order valence-corrected chi connectivity index (χ0v) is 20.5. The molecule has 2 amide bonds. The maximum absolute atomic E-state index is 11.4. The quantitative estimate of drug-likeness (QED) is 0.480. The highest BCUT2D eigenvalue weighted by Gasteiger charge is 2.21. The molecule has 186 valence electrons. The third-order valence-electron chi connectivity index (χ3n) is 7.26. The van der Waals surface area contributed by atoms with Gasteiger partial charge >= 0.3 is 6.03 Å². The van der Waals surface area contributed by atoms with Crippen molar-refractivity contribution >= 4 is 28.3 Å². The van der Waals surface area contributed by atoms with Crippen molar-refractivity contribution in [2.24, 2.45) is 5.73 Å². The van der Waals surface area contributed by atoms with Crippen LogP contribution >= 0.6 is 0 Å². The van der Waals surface area contributed by atoms with Crippen LogP contribution in [0.25, 0.3) is 10.9 Å². The molecule has 3 aromatic rings. The molecule has 0 atom stereocenters. The minimum absolute atomic E-state index is 0.527. The maximum atomic E-state index is 11.4. The molecule has 1 fully saturated rings. The summed E-state index contributed by atoms with van der Waals surface area (Å²) in [5.74, 6) is 1.13. The molecule has 3 heterocycles. The number of primary amides is 1. The van der Waals surface area contributed by atoms with E-state index in [4.69, 9.17) is 10.5 Å². The number of nitrogens with two attached hydrogens (primary N) is 1. The second-order valence-corrected chi connectivity index (χ2v) is 9.70. The standard InChI is InChI=1S/C28H37N5O2/c29-28(34)30-24-21-33(25-12-2-1-11-23(24)25)16-5-4-14-31-15-8-17-32(19-18-31)26-13-7-10-22-9-3-6-20-35-27(22)26/h1-2,7,10-13,21H,3-6,8-9,14-20H2,(H3,29,30,34). The number of aryl methyl sites for hydroxylation is 2. The largest absolute Gasteiger partial charge is 0.491 e. The zero-order valence-electron chi connectivity index (χ0n) is 20.5. The van der Waals surface area contributed by atoms with E-state index in [2.05, 4.69) is 43.9 Å². The first kappa shape index (κ1) is 23.5. The summed E-state index contributed by atoms with van der Waals surface area (Å²) >= 11 is 0. The van der Waals surface area contributed by atoms with Crippen molar-refractivity contribution in [2.75, 3.05) is 49.5 Å². The Morgan fingerprint density at radius 1 is 0.943 bits per heavy atom. The molecule has 2 aromatic carbocycles. The van der Waals surface area contributed by atoms with Gasteiger partial charge in [0.05, 0.1) is 23.5 Å². The van der Waals surface area contributed by atoms with Crippen molar-refractivity contribution < 1.29 is 9.53 Å². The van der Waals surface area contributed by atoms with Crippen LogP contribution < -0.4 is 20.7 Å². The van der Waals surface area contributed by atoms with Gasteiger partial charge in [-0.1, -0.05) is 30.3 Å². The smallest absolute Gasteiger partial charge is 0.316 e. The lowest BCUT2D eigenvalue weighted by Gasteiger charge is -2.26. The first-order valence-electron chi connectivity index (χ1n) is 13.1. The van der Waals surface area contributed by atoms with Gasteiger partial charge in [0.25, 0.3) is 0 Å². The van der Waals surface area contributed by atoms with Crippen LogP contribution in [0.5, 0.6) is 5.75 Å². The number of hydrogen-bond acceptors (Lipinski definition) is 4. The van der Waals surface area contributed by atoms with Gasteiger partial charge in [0.1, 0.15) is 5.75 Å². The van der Waals surface area contributed by atoms with E-state index in [0.29, 0.717) is 0 Å². The molecule has 3 N–H and O–H groups in total. The summed E-state index contributed by atoms with van der Waals surface area (Å²) in [7, 11) is 0. The molecule has 0 bridgehead atoms. The highest BCUT2D eigenvalue weighted by molar-refractivity contribution is 6.00. The van der Waals surface area contributed by atoms with E-state index < -0.39 is 6.03 Å². The Bertz CT molecular complexity index is 1160. The average Bonchev–Trinajstić information content (AvgIpc) is 3.05. The van der Waals surface area contributed by atoms with Crippen molar-refractivity contribution in [3.8, 4) is 5.75 Å². The predicted molar refractivity (Wildman–Crippen MR) is 143 cm³/mol. The summed E-state index contributed by atoms with van der Waals surface area (Å²) in [4.78, 5) is 16.5. The maximum Gasteiger partial charge on any atom is 0.316 e. The molecule has 2 aliphatic heterocycles. The highest BCUT2D eigenvalue weighted by Crippen LogP contribution is 2.35. The van der Waals surface area contributed by atoms with Gasteiger partial charge in [0.15, 0.2) is 0 Å². The van der Waals surface area contributed by atoms with Gasteiger partial charge in [0, 0.05) is 37.8 Å². The fourth-order valence-corrected chi connectivity index (χ4v) is 5.49. The number of fused-ring (bicyclic) bond motifs is 2. The van der Waals surface area contributed by atoms with Gasteiger partial charge in [-0.3, -0.25) is 0 Å². The Hall–Kier alpha value is -3.19. The molecule has 5 rings (SSSR count). The van der Waals surface area contributed by atoms with E-state index in [1.54, 1.807) is 0 Å². The number of amides is 2. The molecule has 0 unspecified atom stereocenters. The number of anilines is 2. The lowest BCUT2D eigenvalue weighted by Crippen LogP contribution is -2.31. The number of carbonyl (C=O) groups excluding carboxylic acids is 1. The van der Waals surface area contributed by atoms with Crippen LogP contribution in [-0.2, 0) is 13.0 Å². The molecule has 1 aromatic heterocycles. The summed E-state index contributed by atoms with van der Waals surface area (Å²) in [6.07, 6.45) is 8.90. The summed E-state index contributed by atoms with van der Waals surface area (Å²) < 4.78 is 8.42. The molecule has 7 heteroatoms. The number of nitrogens with zero attached hydrogens (tertiary/aromatic N) is 3. The van der Waals surface area contributed by atoms with Crippen molar-refractivity contribution in [1.29, 1.82) is 0 Å². The summed E-state index contributed by atoms with van der Waals surface area (Å²) in [5.41, 5.74) is 9.92. The Morgan fingerprint density at radius 3 is 2.74 bits per heavy atom. The number of benzene rings is 2.